The van der Waals surface area contributed by atoms with Crippen LogP contribution in [0.15, 0.2) is 16.6 Å². The van der Waals surface area contributed by atoms with Crippen LogP contribution >= 0.6 is 15.9 Å². The predicted octanol–water partition coefficient (Wildman–Crippen LogP) is 2.83. The number of benzene rings is 1. The number of rotatable bonds is 4. The van der Waals surface area contributed by atoms with E-state index in [9.17, 15) is 13.6 Å². The SMILES string of the molecule is CC(C)C(C)(CN)NC(=O)c1cc(F)c(F)cc1Br. The highest BCUT2D eigenvalue weighted by molar-refractivity contribution is 9.10. The number of halogens is 3. The summed E-state index contributed by atoms with van der Waals surface area (Å²) in [6.45, 7) is 5.90. The summed E-state index contributed by atoms with van der Waals surface area (Å²) in [4.78, 5) is 12.1. The highest BCUT2D eigenvalue weighted by Crippen LogP contribution is 2.22. The minimum atomic E-state index is -1.06. The third-order valence-electron chi connectivity index (χ3n) is 3.35. The maximum Gasteiger partial charge on any atom is 0.253 e. The molecule has 19 heavy (non-hydrogen) atoms. The van der Waals surface area contributed by atoms with Crippen LogP contribution < -0.4 is 11.1 Å². The van der Waals surface area contributed by atoms with E-state index >= 15 is 0 Å². The van der Waals surface area contributed by atoms with Gasteiger partial charge < -0.3 is 11.1 Å². The van der Waals surface area contributed by atoms with Crippen molar-refractivity contribution in [2.75, 3.05) is 6.54 Å². The fourth-order valence-electron chi connectivity index (χ4n) is 1.45. The van der Waals surface area contributed by atoms with Gasteiger partial charge in [-0.3, -0.25) is 4.79 Å². The lowest BCUT2D eigenvalue weighted by Crippen LogP contribution is -2.55. The molecule has 0 aliphatic carbocycles. The van der Waals surface area contributed by atoms with Crippen LogP contribution in [0.1, 0.15) is 31.1 Å². The molecule has 0 aromatic heterocycles. The molecule has 0 spiro atoms. The van der Waals surface area contributed by atoms with Gasteiger partial charge in [0.05, 0.1) is 11.1 Å². The molecule has 6 heteroatoms. The lowest BCUT2D eigenvalue weighted by Gasteiger charge is -2.33. The molecular formula is C13H17BrF2N2O. The smallest absolute Gasteiger partial charge is 0.253 e. The monoisotopic (exact) mass is 334 g/mol. The van der Waals surface area contributed by atoms with E-state index in [0.717, 1.165) is 12.1 Å². The fraction of sp³-hybridized carbons (Fsp3) is 0.462. The number of nitrogens with one attached hydrogen (secondary N) is 1. The lowest BCUT2D eigenvalue weighted by atomic mass is 9.88. The summed E-state index contributed by atoms with van der Waals surface area (Å²) in [5.74, 6) is -2.46. The van der Waals surface area contributed by atoms with Crippen molar-refractivity contribution in [3.05, 3.63) is 33.8 Å². The molecule has 1 unspecified atom stereocenters. The molecule has 106 valence electrons. The molecule has 3 N–H and O–H groups in total. The van der Waals surface area contributed by atoms with Gasteiger partial charge in [0.2, 0.25) is 0 Å². The highest BCUT2D eigenvalue weighted by Gasteiger charge is 2.29. The first-order chi connectivity index (χ1) is 8.71. The van der Waals surface area contributed by atoms with Crippen LogP contribution in [0, 0.1) is 17.6 Å². The molecule has 0 saturated carbocycles. The van der Waals surface area contributed by atoms with Crippen molar-refractivity contribution in [1.29, 1.82) is 0 Å². The van der Waals surface area contributed by atoms with Gasteiger partial charge in [-0.05, 0) is 40.9 Å². The third kappa shape index (κ3) is 3.51. The van der Waals surface area contributed by atoms with E-state index in [1.807, 2.05) is 20.8 Å². The van der Waals surface area contributed by atoms with E-state index in [2.05, 4.69) is 21.2 Å². The molecule has 0 radical (unpaired) electrons. The van der Waals surface area contributed by atoms with Gasteiger partial charge in [-0.25, -0.2) is 8.78 Å². The van der Waals surface area contributed by atoms with Crippen LogP contribution in [0.4, 0.5) is 8.78 Å². The zero-order chi connectivity index (χ0) is 14.8. The Bertz CT molecular complexity index is 494. The summed E-state index contributed by atoms with van der Waals surface area (Å²) in [5.41, 5.74) is 5.10. The Morgan fingerprint density at radius 2 is 1.95 bits per heavy atom. The van der Waals surface area contributed by atoms with Crippen LogP contribution in [0.3, 0.4) is 0 Å². The van der Waals surface area contributed by atoms with Crippen molar-refractivity contribution in [3.63, 3.8) is 0 Å². The van der Waals surface area contributed by atoms with Crippen molar-refractivity contribution in [1.82, 2.24) is 5.32 Å². The van der Waals surface area contributed by atoms with Crippen molar-refractivity contribution in [3.8, 4) is 0 Å². The Morgan fingerprint density at radius 3 is 2.42 bits per heavy atom. The number of hydrogen-bond donors (Lipinski definition) is 2. The van der Waals surface area contributed by atoms with E-state index < -0.39 is 23.1 Å². The largest absolute Gasteiger partial charge is 0.345 e. The number of carbonyl (C=O) groups is 1. The molecule has 1 atom stereocenters. The average Bonchev–Trinajstić information content (AvgIpc) is 2.33. The van der Waals surface area contributed by atoms with Gasteiger partial charge in [-0.1, -0.05) is 13.8 Å². The Labute approximate surface area is 119 Å². The standard InChI is InChI=1S/C13H17BrF2N2O/c1-7(2)13(3,6-17)18-12(19)8-4-10(15)11(16)5-9(8)14/h4-5,7H,6,17H2,1-3H3,(H,18,19). The molecular weight excluding hydrogens is 318 g/mol. The summed E-state index contributed by atoms with van der Waals surface area (Å²) in [7, 11) is 0. The first kappa shape index (κ1) is 16.0. The molecule has 1 aromatic rings. The fourth-order valence-corrected chi connectivity index (χ4v) is 1.95. The second-order valence-electron chi connectivity index (χ2n) is 4.98. The Kier molecular flexibility index (Phi) is 5.04. The number of amides is 1. The number of carbonyl (C=O) groups excluding carboxylic acids is 1. The molecule has 1 amide bonds. The van der Waals surface area contributed by atoms with Crippen molar-refractivity contribution in [2.24, 2.45) is 11.7 Å². The van der Waals surface area contributed by atoms with E-state index in [0.29, 0.717) is 0 Å². The molecule has 1 rings (SSSR count). The topological polar surface area (TPSA) is 55.1 Å². The molecule has 0 heterocycles. The lowest BCUT2D eigenvalue weighted by molar-refractivity contribution is 0.0882. The summed E-state index contributed by atoms with van der Waals surface area (Å²) >= 11 is 3.05. The zero-order valence-corrected chi connectivity index (χ0v) is 12.6. The maximum absolute atomic E-state index is 13.2. The second-order valence-corrected chi connectivity index (χ2v) is 5.83. The predicted molar refractivity (Wildman–Crippen MR) is 73.8 cm³/mol. The van der Waals surface area contributed by atoms with Crippen molar-refractivity contribution >= 4 is 21.8 Å². The van der Waals surface area contributed by atoms with Crippen LogP contribution in [-0.4, -0.2) is 18.0 Å². The molecule has 3 nitrogen and oxygen atoms in total. The minimum absolute atomic E-state index is 0.0409. The van der Waals surface area contributed by atoms with Crippen LogP contribution in [0.5, 0.6) is 0 Å². The Balaban J connectivity index is 3.05. The zero-order valence-electron chi connectivity index (χ0n) is 11.1. The third-order valence-corrected chi connectivity index (χ3v) is 4.01. The van der Waals surface area contributed by atoms with Gasteiger partial charge in [0.15, 0.2) is 11.6 Å². The van der Waals surface area contributed by atoms with Crippen molar-refractivity contribution in [2.45, 2.75) is 26.3 Å². The summed E-state index contributed by atoms with van der Waals surface area (Å²) in [6, 6.07) is 1.80. The quantitative estimate of drug-likeness (QED) is 0.832. The second kappa shape index (κ2) is 5.96. The Morgan fingerprint density at radius 1 is 1.42 bits per heavy atom. The first-order valence-electron chi connectivity index (χ1n) is 5.88. The Hall–Kier alpha value is -1.01. The van der Waals surface area contributed by atoms with Gasteiger partial charge in [0, 0.05) is 11.0 Å². The van der Waals surface area contributed by atoms with Gasteiger partial charge in [0.1, 0.15) is 0 Å². The molecule has 0 bridgehead atoms. The van der Waals surface area contributed by atoms with Gasteiger partial charge in [0.25, 0.3) is 5.91 Å². The average molecular weight is 335 g/mol. The summed E-state index contributed by atoms with van der Waals surface area (Å²) in [5, 5.41) is 2.76. The molecule has 0 aliphatic rings. The number of nitrogens with two attached hydrogens (primary N) is 1. The van der Waals surface area contributed by atoms with E-state index in [1.165, 1.54) is 0 Å². The van der Waals surface area contributed by atoms with Gasteiger partial charge in [-0.15, -0.1) is 0 Å². The molecule has 1 aromatic carbocycles. The first-order valence-corrected chi connectivity index (χ1v) is 6.67. The minimum Gasteiger partial charge on any atom is -0.345 e. The van der Waals surface area contributed by atoms with E-state index in [-0.39, 0.29) is 22.5 Å². The highest BCUT2D eigenvalue weighted by atomic mass is 79.9. The summed E-state index contributed by atoms with van der Waals surface area (Å²) in [6.07, 6.45) is 0. The molecule has 0 fully saturated rings. The normalized spacial score (nSPS) is 14.3. The van der Waals surface area contributed by atoms with Crippen LogP contribution in [0.25, 0.3) is 0 Å². The number of hydrogen-bond acceptors (Lipinski definition) is 2. The molecule has 0 aliphatic heterocycles. The van der Waals surface area contributed by atoms with Gasteiger partial charge in [-0.2, -0.15) is 0 Å². The summed E-state index contributed by atoms with van der Waals surface area (Å²) < 4.78 is 26.4. The van der Waals surface area contributed by atoms with Crippen LogP contribution in [-0.2, 0) is 0 Å². The molecule has 0 saturated heterocycles. The van der Waals surface area contributed by atoms with Crippen molar-refractivity contribution < 1.29 is 13.6 Å². The van der Waals surface area contributed by atoms with E-state index in [4.69, 9.17) is 5.73 Å². The van der Waals surface area contributed by atoms with Crippen LogP contribution in [0.2, 0.25) is 0 Å². The van der Waals surface area contributed by atoms with Gasteiger partial charge >= 0.3 is 0 Å². The van der Waals surface area contributed by atoms with E-state index in [1.54, 1.807) is 0 Å². The maximum atomic E-state index is 13.2.